The fraction of sp³-hybridized carbons (Fsp3) is 0.211. The Kier molecular flexibility index (Phi) is 5.57. The molecule has 146 valence electrons. The molecule has 1 unspecified atom stereocenters. The van der Waals surface area contributed by atoms with Gasteiger partial charge in [-0.3, -0.25) is 4.79 Å². The SMILES string of the molecule is CC(=O)Nc1ccc(C)c(S(=O)(=O)NC(C)c2ccc(-n3cncn3)cc2)c1. The van der Waals surface area contributed by atoms with Crippen LogP contribution in [0.15, 0.2) is 60.0 Å². The quantitative estimate of drug-likeness (QED) is 0.663. The normalized spacial score (nSPS) is 12.5. The fourth-order valence-corrected chi connectivity index (χ4v) is 4.29. The second-order valence-corrected chi connectivity index (χ2v) is 8.12. The Morgan fingerprint density at radius 1 is 1.14 bits per heavy atom. The summed E-state index contributed by atoms with van der Waals surface area (Å²) in [5, 5.41) is 6.67. The van der Waals surface area contributed by atoms with Gasteiger partial charge in [-0.05, 0) is 49.2 Å². The molecule has 0 spiro atoms. The van der Waals surface area contributed by atoms with Crippen LogP contribution in [-0.2, 0) is 14.8 Å². The van der Waals surface area contributed by atoms with Crippen molar-refractivity contribution in [2.24, 2.45) is 0 Å². The lowest BCUT2D eigenvalue weighted by Crippen LogP contribution is -2.27. The summed E-state index contributed by atoms with van der Waals surface area (Å²) in [4.78, 5) is 15.3. The largest absolute Gasteiger partial charge is 0.326 e. The molecule has 0 aliphatic carbocycles. The number of anilines is 1. The summed E-state index contributed by atoms with van der Waals surface area (Å²) in [5.74, 6) is -0.263. The van der Waals surface area contributed by atoms with Gasteiger partial charge in [-0.25, -0.2) is 22.8 Å². The molecule has 0 bridgehead atoms. The lowest BCUT2D eigenvalue weighted by Gasteiger charge is -2.17. The van der Waals surface area contributed by atoms with Gasteiger partial charge in [0, 0.05) is 18.7 Å². The number of rotatable bonds is 6. The molecule has 1 heterocycles. The van der Waals surface area contributed by atoms with Gasteiger partial charge in [0.2, 0.25) is 15.9 Å². The smallest absolute Gasteiger partial charge is 0.241 e. The molecule has 0 saturated carbocycles. The molecule has 0 aliphatic rings. The third-order valence-corrected chi connectivity index (χ3v) is 5.89. The molecule has 28 heavy (non-hydrogen) atoms. The first-order valence-electron chi connectivity index (χ1n) is 8.62. The van der Waals surface area contributed by atoms with Gasteiger partial charge in [0.1, 0.15) is 12.7 Å². The van der Waals surface area contributed by atoms with Gasteiger partial charge >= 0.3 is 0 Å². The van der Waals surface area contributed by atoms with Crippen LogP contribution >= 0.6 is 0 Å². The summed E-state index contributed by atoms with van der Waals surface area (Å²) in [7, 11) is -3.78. The molecule has 2 N–H and O–H groups in total. The molecule has 0 radical (unpaired) electrons. The fourth-order valence-electron chi connectivity index (χ4n) is 2.79. The van der Waals surface area contributed by atoms with Crippen LogP contribution in [-0.4, -0.2) is 29.1 Å². The topological polar surface area (TPSA) is 106 Å². The van der Waals surface area contributed by atoms with E-state index < -0.39 is 16.1 Å². The summed E-state index contributed by atoms with van der Waals surface area (Å²) < 4.78 is 30.1. The third-order valence-electron chi connectivity index (χ3n) is 4.21. The van der Waals surface area contributed by atoms with Crippen LogP contribution in [0.3, 0.4) is 0 Å². The number of carbonyl (C=O) groups is 1. The third kappa shape index (κ3) is 4.44. The van der Waals surface area contributed by atoms with Crippen molar-refractivity contribution in [3.8, 4) is 5.69 Å². The van der Waals surface area contributed by atoms with Crippen LogP contribution in [0, 0.1) is 6.92 Å². The molecule has 3 aromatic rings. The van der Waals surface area contributed by atoms with Crippen molar-refractivity contribution in [3.63, 3.8) is 0 Å². The first kappa shape index (κ1) is 19.7. The average molecular weight is 399 g/mol. The zero-order valence-electron chi connectivity index (χ0n) is 15.7. The standard InChI is InChI=1S/C19H21N5O3S/c1-13-4-7-17(22-15(3)25)10-19(13)28(26,27)23-14(2)16-5-8-18(9-6-16)24-12-20-11-21-24/h4-12,14,23H,1-3H3,(H,22,25). The van der Waals surface area contributed by atoms with Gasteiger partial charge in [0.25, 0.3) is 0 Å². The number of nitrogens with zero attached hydrogens (tertiary/aromatic N) is 3. The molecule has 9 heteroatoms. The molecule has 0 aliphatic heterocycles. The van der Waals surface area contributed by atoms with E-state index in [2.05, 4.69) is 20.1 Å². The van der Waals surface area contributed by atoms with Crippen LogP contribution in [0.2, 0.25) is 0 Å². The maximum Gasteiger partial charge on any atom is 0.241 e. The van der Waals surface area contributed by atoms with Crippen molar-refractivity contribution in [2.75, 3.05) is 5.32 Å². The van der Waals surface area contributed by atoms with Gasteiger partial charge in [-0.15, -0.1) is 0 Å². The van der Waals surface area contributed by atoms with Gasteiger partial charge in [-0.2, -0.15) is 5.10 Å². The monoisotopic (exact) mass is 399 g/mol. The minimum Gasteiger partial charge on any atom is -0.326 e. The Morgan fingerprint density at radius 3 is 2.46 bits per heavy atom. The molecule has 3 rings (SSSR count). The molecule has 0 saturated heterocycles. The summed E-state index contributed by atoms with van der Waals surface area (Å²) in [6.07, 6.45) is 3.04. The average Bonchev–Trinajstić information content (AvgIpc) is 3.17. The molecule has 8 nitrogen and oxygen atoms in total. The van der Waals surface area contributed by atoms with Crippen LogP contribution in [0.4, 0.5) is 5.69 Å². The molecule has 2 aromatic carbocycles. The van der Waals surface area contributed by atoms with E-state index in [0.29, 0.717) is 11.3 Å². The van der Waals surface area contributed by atoms with Crippen LogP contribution in [0.25, 0.3) is 5.69 Å². The van der Waals surface area contributed by atoms with Crippen LogP contribution in [0.1, 0.15) is 31.0 Å². The number of hydrogen-bond acceptors (Lipinski definition) is 5. The Hall–Kier alpha value is -3.04. The molecule has 1 aromatic heterocycles. The Balaban J connectivity index is 1.81. The molecule has 0 fully saturated rings. The highest BCUT2D eigenvalue weighted by atomic mass is 32.2. The number of amides is 1. The minimum absolute atomic E-state index is 0.129. The zero-order valence-corrected chi connectivity index (χ0v) is 16.6. The van der Waals surface area contributed by atoms with E-state index in [1.165, 1.54) is 19.3 Å². The number of aromatic nitrogens is 3. The number of hydrogen-bond donors (Lipinski definition) is 2. The Bertz CT molecular complexity index is 1080. The van der Waals surface area contributed by atoms with E-state index in [1.54, 1.807) is 37.0 Å². The van der Waals surface area contributed by atoms with Crippen molar-refractivity contribution in [1.29, 1.82) is 0 Å². The molecular formula is C19H21N5O3S. The maximum absolute atomic E-state index is 12.9. The maximum atomic E-state index is 12.9. The van der Waals surface area contributed by atoms with Crippen LogP contribution in [0.5, 0.6) is 0 Å². The Morgan fingerprint density at radius 2 is 1.86 bits per heavy atom. The highest BCUT2D eigenvalue weighted by molar-refractivity contribution is 7.89. The number of sulfonamides is 1. The van der Waals surface area contributed by atoms with Gasteiger partial charge in [0.05, 0.1) is 10.6 Å². The van der Waals surface area contributed by atoms with Crippen molar-refractivity contribution in [1.82, 2.24) is 19.5 Å². The van der Waals surface area contributed by atoms with E-state index in [-0.39, 0.29) is 10.8 Å². The first-order valence-corrected chi connectivity index (χ1v) is 10.1. The highest BCUT2D eigenvalue weighted by Crippen LogP contribution is 2.23. The summed E-state index contributed by atoms with van der Waals surface area (Å²) in [6, 6.07) is 11.7. The summed E-state index contributed by atoms with van der Waals surface area (Å²) in [5.41, 5.74) is 2.66. The molecular weight excluding hydrogens is 378 g/mol. The van der Waals surface area contributed by atoms with Crippen molar-refractivity contribution in [3.05, 3.63) is 66.2 Å². The number of aryl methyl sites for hydroxylation is 1. The lowest BCUT2D eigenvalue weighted by atomic mass is 10.1. The van der Waals surface area contributed by atoms with E-state index >= 15 is 0 Å². The van der Waals surface area contributed by atoms with E-state index in [4.69, 9.17) is 0 Å². The van der Waals surface area contributed by atoms with E-state index in [1.807, 2.05) is 24.3 Å². The summed E-state index contributed by atoms with van der Waals surface area (Å²) >= 11 is 0. The van der Waals surface area contributed by atoms with Crippen molar-refractivity contribution in [2.45, 2.75) is 31.7 Å². The predicted molar refractivity (Wildman–Crippen MR) is 106 cm³/mol. The second kappa shape index (κ2) is 7.91. The lowest BCUT2D eigenvalue weighted by molar-refractivity contribution is -0.114. The van der Waals surface area contributed by atoms with Gasteiger partial charge < -0.3 is 5.32 Å². The van der Waals surface area contributed by atoms with Crippen molar-refractivity contribution < 1.29 is 13.2 Å². The highest BCUT2D eigenvalue weighted by Gasteiger charge is 2.21. The van der Waals surface area contributed by atoms with Gasteiger partial charge in [-0.1, -0.05) is 18.2 Å². The van der Waals surface area contributed by atoms with E-state index in [9.17, 15) is 13.2 Å². The van der Waals surface area contributed by atoms with Crippen LogP contribution < -0.4 is 10.0 Å². The zero-order chi connectivity index (χ0) is 20.3. The van der Waals surface area contributed by atoms with Gasteiger partial charge in [0.15, 0.2) is 0 Å². The predicted octanol–water partition coefficient (Wildman–Crippen LogP) is 2.57. The Labute approximate surface area is 163 Å². The summed E-state index contributed by atoms with van der Waals surface area (Å²) in [6.45, 7) is 4.86. The van der Waals surface area contributed by atoms with Crippen molar-refractivity contribution >= 4 is 21.6 Å². The number of carbonyl (C=O) groups excluding carboxylic acids is 1. The number of nitrogens with one attached hydrogen (secondary N) is 2. The minimum atomic E-state index is -3.78. The molecule has 1 atom stereocenters. The number of benzene rings is 2. The van der Waals surface area contributed by atoms with E-state index in [0.717, 1.165) is 11.3 Å². The molecule has 1 amide bonds. The second-order valence-electron chi connectivity index (χ2n) is 6.44. The first-order chi connectivity index (χ1) is 13.3.